The summed E-state index contributed by atoms with van der Waals surface area (Å²) >= 11 is 0. The molecule has 4 rings (SSSR count). The lowest BCUT2D eigenvalue weighted by molar-refractivity contribution is 0.0762. The molecule has 2 aromatic rings. The van der Waals surface area contributed by atoms with Crippen LogP contribution in [0.25, 0.3) is 0 Å². The molecule has 3 heterocycles. The molecule has 2 aliphatic heterocycles. The molecule has 0 saturated carbocycles. The van der Waals surface area contributed by atoms with Crippen LogP contribution in [0, 0.1) is 12.8 Å². The van der Waals surface area contributed by atoms with Crippen molar-refractivity contribution in [2.75, 3.05) is 38.1 Å². The first kappa shape index (κ1) is 17.9. The molecular formula is C21H27N5O. The minimum Gasteiger partial charge on any atom is -0.341 e. The lowest BCUT2D eigenvalue weighted by Gasteiger charge is -2.27. The quantitative estimate of drug-likeness (QED) is 0.902. The van der Waals surface area contributed by atoms with Gasteiger partial charge in [-0.2, -0.15) is 0 Å². The average Bonchev–Trinajstić information content (AvgIpc) is 3.14. The Labute approximate surface area is 160 Å². The Hall–Kier alpha value is -2.47. The van der Waals surface area contributed by atoms with Crippen LogP contribution in [0.4, 0.5) is 11.6 Å². The lowest BCUT2D eigenvalue weighted by Crippen LogP contribution is -2.37. The molecule has 2 aliphatic rings. The van der Waals surface area contributed by atoms with E-state index < -0.39 is 0 Å². The van der Waals surface area contributed by atoms with Crippen LogP contribution in [0.2, 0.25) is 0 Å². The average molecular weight is 365 g/mol. The van der Waals surface area contributed by atoms with Crippen molar-refractivity contribution in [3.05, 3.63) is 47.3 Å². The van der Waals surface area contributed by atoms with Gasteiger partial charge in [-0.05, 0) is 62.4 Å². The summed E-state index contributed by atoms with van der Waals surface area (Å²) in [7, 11) is 1.87. The molecule has 1 saturated heterocycles. The first-order valence-corrected chi connectivity index (χ1v) is 9.77. The van der Waals surface area contributed by atoms with Gasteiger partial charge in [-0.25, -0.2) is 9.97 Å². The predicted octanol–water partition coefficient (Wildman–Crippen LogP) is 2.55. The molecule has 1 aromatic heterocycles. The third-order valence-corrected chi connectivity index (χ3v) is 5.73. The number of hydrogen-bond acceptors (Lipinski definition) is 5. The van der Waals surface area contributed by atoms with E-state index in [-0.39, 0.29) is 5.91 Å². The number of carbonyl (C=O) groups is 1. The van der Waals surface area contributed by atoms with Gasteiger partial charge in [-0.1, -0.05) is 12.1 Å². The number of hydrogen-bond donors (Lipinski definition) is 1. The number of carbonyl (C=O) groups excluding carboxylic acids is 1. The van der Waals surface area contributed by atoms with Gasteiger partial charge in [0.15, 0.2) is 0 Å². The summed E-state index contributed by atoms with van der Waals surface area (Å²) in [4.78, 5) is 25.6. The highest BCUT2D eigenvalue weighted by Crippen LogP contribution is 2.34. The van der Waals surface area contributed by atoms with Crippen molar-refractivity contribution in [2.24, 2.45) is 5.92 Å². The monoisotopic (exact) mass is 365 g/mol. The van der Waals surface area contributed by atoms with Gasteiger partial charge >= 0.3 is 0 Å². The smallest absolute Gasteiger partial charge is 0.256 e. The number of fused-ring (bicyclic) bond motifs is 1. The van der Waals surface area contributed by atoms with Crippen LogP contribution in [0.1, 0.15) is 34.3 Å². The van der Waals surface area contributed by atoms with E-state index in [9.17, 15) is 4.79 Å². The molecule has 1 N–H and O–H groups in total. The topological polar surface area (TPSA) is 61.4 Å². The maximum atomic E-state index is 12.7. The summed E-state index contributed by atoms with van der Waals surface area (Å²) in [6, 6.07) is 6.33. The van der Waals surface area contributed by atoms with Crippen LogP contribution in [0.5, 0.6) is 0 Å². The SMILES string of the molecule is Cc1cccc2c1CCN2c1ncc(C(=O)N(C)CC2CCNCC2)cn1. The molecule has 1 aromatic carbocycles. The molecule has 0 bridgehead atoms. The second-order valence-electron chi connectivity index (χ2n) is 7.63. The summed E-state index contributed by atoms with van der Waals surface area (Å²) in [5.41, 5.74) is 4.40. The third-order valence-electron chi connectivity index (χ3n) is 5.73. The van der Waals surface area contributed by atoms with Crippen molar-refractivity contribution in [2.45, 2.75) is 26.2 Å². The van der Waals surface area contributed by atoms with Crippen LogP contribution in [0.15, 0.2) is 30.6 Å². The Kier molecular flexibility index (Phi) is 5.07. The summed E-state index contributed by atoms with van der Waals surface area (Å²) in [6.07, 6.45) is 6.58. The number of aromatic nitrogens is 2. The van der Waals surface area contributed by atoms with Gasteiger partial charge in [0.1, 0.15) is 0 Å². The minimum absolute atomic E-state index is 0.00208. The van der Waals surface area contributed by atoms with E-state index in [1.807, 2.05) is 11.9 Å². The standard InChI is InChI=1S/C21H27N5O/c1-15-4-3-5-19-18(15)8-11-26(19)21-23-12-17(13-24-21)20(27)25(2)14-16-6-9-22-10-7-16/h3-5,12-13,16,22H,6-11,14H2,1-2H3. The zero-order valence-electron chi connectivity index (χ0n) is 16.1. The Morgan fingerprint density at radius 2 is 2.00 bits per heavy atom. The predicted molar refractivity (Wildman–Crippen MR) is 106 cm³/mol. The molecule has 0 unspecified atom stereocenters. The Morgan fingerprint density at radius 3 is 2.74 bits per heavy atom. The number of anilines is 2. The van der Waals surface area contributed by atoms with E-state index in [0.717, 1.165) is 45.4 Å². The lowest BCUT2D eigenvalue weighted by atomic mass is 9.97. The van der Waals surface area contributed by atoms with Crippen LogP contribution >= 0.6 is 0 Å². The van der Waals surface area contributed by atoms with E-state index in [1.165, 1.54) is 16.8 Å². The van der Waals surface area contributed by atoms with E-state index in [0.29, 0.717) is 17.4 Å². The molecule has 0 aliphatic carbocycles. The molecule has 6 heteroatoms. The Balaban J connectivity index is 1.45. The molecule has 6 nitrogen and oxygen atoms in total. The molecule has 1 fully saturated rings. The molecule has 0 spiro atoms. The molecule has 1 amide bonds. The van der Waals surface area contributed by atoms with Crippen molar-refractivity contribution in [3.8, 4) is 0 Å². The fraction of sp³-hybridized carbons (Fsp3) is 0.476. The van der Waals surface area contributed by atoms with Gasteiger partial charge in [0.2, 0.25) is 5.95 Å². The van der Waals surface area contributed by atoms with Crippen molar-refractivity contribution in [3.63, 3.8) is 0 Å². The third kappa shape index (κ3) is 3.67. The van der Waals surface area contributed by atoms with Crippen LogP contribution in [0.3, 0.4) is 0 Å². The number of benzene rings is 1. The van der Waals surface area contributed by atoms with Crippen molar-refractivity contribution in [1.82, 2.24) is 20.2 Å². The Morgan fingerprint density at radius 1 is 1.26 bits per heavy atom. The number of rotatable bonds is 4. The minimum atomic E-state index is -0.00208. The summed E-state index contributed by atoms with van der Waals surface area (Å²) in [5.74, 6) is 1.24. The highest BCUT2D eigenvalue weighted by atomic mass is 16.2. The maximum Gasteiger partial charge on any atom is 0.256 e. The van der Waals surface area contributed by atoms with Gasteiger partial charge in [0.25, 0.3) is 5.91 Å². The molecule has 142 valence electrons. The zero-order valence-corrected chi connectivity index (χ0v) is 16.1. The first-order chi connectivity index (χ1) is 13.1. The summed E-state index contributed by atoms with van der Waals surface area (Å²) < 4.78 is 0. The number of nitrogens with zero attached hydrogens (tertiary/aromatic N) is 4. The molecular weight excluding hydrogens is 338 g/mol. The number of amides is 1. The highest BCUT2D eigenvalue weighted by molar-refractivity contribution is 5.93. The van der Waals surface area contributed by atoms with E-state index in [2.05, 4.69) is 45.3 Å². The maximum absolute atomic E-state index is 12.7. The fourth-order valence-electron chi connectivity index (χ4n) is 4.14. The van der Waals surface area contributed by atoms with Crippen LogP contribution in [-0.2, 0) is 6.42 Å². The number of aryl methyl sites for hydroxylation is 1. The molecule has 0 radical (unpaired) electrons. The normalized spacial score (nSPS) is 17.0. The van der Waals surface area contributed by atoms with E-state index in [4.69, 9.17) is 0 Å². The highest BCUT2D eigenvalue weighted by Gasteiger charge is 2.24. The first-order valence-electron chi connectivity index (χ1n) is 9.77. The molecule has 27 heavy (non-hydrogen) atoms. The second kappa shape index (κ2) is 7.64. The van der Waals surface area contributed by atoms with Crippen molar-refractivity contribution >= 4 is 17.5 Å². The van der Waals surface area contributed by atoms with Gasteiger partial charge in [-0.15, -0.1) is 0 Å². The van der Waals surface area contributed by atoms with Gasteiger partial charge in [-0.3, -0.25) is 4.79 Å². The van der Waals surface area contributed by atoms with Crippen molar-refractivity contribution in [1.29, 1.82) is 0 Å². The van der Waals surface area contributed by atoms with Gasteiger partial charge < -0.3 is 15.1 Å². The van der Waals surface area contributed by atoms with Crippen LogP contribution in [-0.4, -0.2) is 54.0 Å². The fourth-order valence-corrected chi connectivity index (χ4v) is 4.14. The summed E-state index contributed by atoms with van der Waals surface area (Å²) in [5, 5.41) is 3.36. The molecule has 0 atom stereocenters. The van der Waals surface area contributed by atoms with Gasteiger partial charge in [0.05, 0.1) is 5.56 Å². The largest absolute Gasteiger partial charge is 0.341 e. The Bertz CT molecular complexity index is 814. The van der Waals surface area contributed by atoms with Crippen LogP contribution < -0.4 is 10.2 Å². The van der Waals surface area contributed by atoms with Crippen molar-refractivity contribution < 1.29 is 4.79 Å². The number of nitrogens with one attached hydrogen (secondary N) is 1. The van der Waals surface area contributed by atoms with E-state index in [1.54, 1.807) is 12.4 Å². The number of piperidine rings is 1. The zero-order chi connectivity index (χ0) is 18.8. The second-order valence-corrected chi connectivity index (χ2v) is 7.63. The summed E-state index contributed by atoms with van der Waals surface area (Å²) in [6.45, 7) is 5.90. The van der Waals surface area contributed by atoms with E-state index >= 15 is 0 Å². The van der Waals surface area contributed by atoms with Gasteiger partial charge in [0, 0.05) is 38.2 Å².